The summed E-state index contributed by atoms with van der Waals surface area (Å²) in [5, 5.41) is 6.48. The molecule has 0 spiro atoms. The predicted octanol–water partition coefficient (Wildman–Crippen LogP) is 2.29. The van der Waals surface area contributed by atoms with Crippen molar-refractivity contribution in [2.75, 3.05) is 18.4 Å². The molecule has 0 atom stereocenters. The van der Waals surface area contributed by atoms with Crippen molar-refractivity contribution in [3.63, 3.8) is 0 Å². The van der Waals surface area contributed by atoms with Crippen molar-refractivity contribution in [2.45, 2.75) is 6.04 Å². The number of hydrogen-bond acceptors (Lipinski definition) is 4. The second kappa shape index (κ2) is 5.04. The van der Waals surface area contributed by atoms with Gasteiger partial charge in [-0.15, -0.1) is 0 Å². The molecular formula is C13H13BrN4. The third-order valence-corrected chi connectivity index (χ3v) is 3.64. The number of aromatic nitrogens is 2. The summed E-state index contributed by atoms with van der Waals surface area (Å²) in [6.45, 7) is 1.96. The van der Waals surface area contributed by atoms with Gasteiger partial charge in [-0.2, -0.15) is 0 Å². The van der Waals surface area contributed by atoms with Crippen molar-refractivity contribution in [3.05, 3.63) is 41.1 Å². The fourth-order valence-electron chi connectivity index (χ4n) is 1.81. The first-order valence-electron chi connectivity index (χ1n) is 5.87. The van der Waals surface area contributed by atoms with E-state index in [0.717, 1.165) is 28.7 Å². The zero-order valence-corrected chi connectivity index (χ0v) is 11.3. The second-order valence-electron chi connectivity index (χ2n) is 4.27. The van der Waals surface area contributed by atoms with Gasteiger partial charge in [0.1, 0.15) is 0 Å². The average molecular weight is 305 g/mol. The van der Waals surface area contributed by atoms with Crippen LogP contribution >= 0.6 is 15.9 Å². The Morgan fingerprint density at radius 1 is 1.17 bits per heavy atom. The van der Waals surface area contributed by atoms with E-state index in [-0.39, 0.29) is 0 Å². The number of nitrogens with zero attached hydrogens (tertiary/aromatic N) is 2. The van der Waals surface area contributed by atoms with Gasteiger partial charge in [0.15, 0.2) is 0 Å². The summed E-state index contributed by atoms with van der Waals surface area (Å²) in [5.74, 6) is 0.692. The minimum Gasteiger partial charge on any atom is -0.349 e. The Labute approximate surface area is 114 Å². The molecule has 0 amide bonds. The molecule has 18 heavy (non-hydrogen) atoms. The first-order valence-corrected chi connectivity index (χ1v) is 6.66. The van der Waals surface area contributed by atoms with E-state index in [4.69, 9.17) is 0 Å². The van der Waals surface area contributed by atoms with Gasteiger partial charge in [0.25, 0.3) is 0 Å². The van der Waals surface area contributed by atoms with Crippen LogP contribution in [0.5, 0.6) is 0 Å². The fraction of sp³-hybridized carbons (Fsp3) is 0.231. The number of benzene rings is 1. The highest BCUT2D eigenvalue weighted by molar-refractivity contribution is 9.10. The molecule has 1 aromatic heterocycles. The van der Waals surface area contributed by atoms with E-state index >= 15 is 0 Å². The molecule has 3 rings (SSSR count). The molecule has 1 aliphatic rings. The topological polar surface area (TPSA) is 49.8 Å². The Balaban J connectivity index is 1.80. The molecule has 4 nitrogen and oxygen atoms in total. The van der Waals surface area contributed by atoms with Gasteiger partial charge in [-0.05, 0) is 11.6 Å². The van der Waals surface area contributed by atoms with Crippen LogP contribution in [0.1, 0.15) is 0 Å². The van der Waals surface area contributed by atoms with Crippen LogP contribution in [0, 0.1) is 0 Å². The van der Waals surface area contributed by atoms with Crippen LogP contribution in [0.25, 0.3) is 11.1 Å². The molecular weight excluding hydrogens is 292 g/mol. The number of nitrogens with one attached hydrogen (secondary N) is 2. The van der Waals surface area contributed by atoms with E-state index in [0.29, 0.717) is 12.0 Å². The molecule has 5 heteroatoms. The van der Waals surface area contributed by atoms with Gasteiger partial charge >= 0.3 is 0 Å². The number of hydrogen-bond donors (Lipinski definition) is 2. The Morgan fingerprint density at radius 2 is 1.89 bits per heavy atom. The summed E-state index contributed by atoms with van der Waals surface area (Å²) >= 11 is 3.53. The van der Waals surface area contributed by atoms with Crippen LogP contribution in [-0.2, 0) is 0 Å². The average Bonchev–Trinajstić information content (AvgIpc) is 2.35. The maximum Gasteiger partial charge on any atom is 0.222 e. The zero-order chi connectivity index (χ0) is 12.4. The first kappa shape index (κ1) is 11.6. The summed E-state index contributed by atoms with van der Waals surface area (Å²) in [4.78, 5) is 8.69. The van der Waals surface area contributed by atoms with Crippen molar-refractivity contribution in [3.8, 4) is 11.1 Å². The third-order valence-electron chi connectivity index (χ3n) is 2.95. The predicted molar refractivity (Wildman–Crippen MR) is 75.4 cm³/mol. The minimum absolute atomic E-state index is 0.458. The molecule has 1 aromatic carbocycles. The number of rotatable bonds is 3. The smallest absolute Gasteiger partial charge is 0.222 e. The van der Waals surface area contributed by atoms with E-state index in [1.807, 2.05) is 36.7 Å². The highest BCUT2D eigenvalue weighted by Crippen LogP contribution is 2.26. The van der Waals surface area contributed by atoms with Gasteiger partial charge < -0.3 is 10.6 Å². The Kier molecular flexibility index (Phi) is 3.25. The van der Waals surface area contributed by atoms with Gasteiger partial charge in [0, 0.05) is 35.5 Å². The normalized spacial score (nSPS) is 15.2. The largest absolute Gasteiger partial charge is 0.349 e. The third kappa shape index (κ3) is 2.37. The molecule has 2 heterocycles. The van der Waals surface area contributed by atoms with Gasteiger partial charge in [0.05, 0.1) is 6.04 Å². The summed E-state index contributed by atoms with van der Waals surface area (Å²) in [6.07, 6.45) is 3.70. The van der Waals surface area contributed by atoms with Crippen molar-refractivity contribution < 1.29 is 0 Å². The lowest BCUT2D eigenvalue weighted by molar-refractivity contribution is 0.470. The lowest BCUT2D eigenvalue weighted by Gasteiger charge is -2.27. The lowest BCUT2D eigenvalue weighted by atomic mass is 10.1. The number of halogens is 1. The van der Waals surface area contributed by atoms with Crippen molar-refractivity contribution in [2.24, 2.45) is 0 Å². The highest BCUT2D eigenvalue weighted by Gasteiger charge is 2.16. The second-order valence-corrected chi connectivity index (χ2v) is 5.13. The van der Waals surface area contributed by atoms with E-state index in [1.54, 1.807) is 0 Å². The molecule has 92 valence electrons. The fourth-order valence-corrected chi connectivity index (χ4v) is 2.32. The molecule has 1 saturated heterocycles. The monoisotopic (exact) mass is 304 g/mol. The van der Waals surface area contributed by atoms with E-state index in [2.05, 4.69) is 36.5 Å². The molecule has 2 N–H and O–H groups in total. The molecule has 0 aliphatic carbocycles. The Hall–Kier alpha value is -1.46. The number of anilines is 1. The molecule has 1 aliphatic heterocycles. The summed E-state index contributed by atoms with van der Waals surface area (Å²) in [7, 11) is 0. The molecule has 0 radical (unpaired) electrons. The van der Waals surface area contributed by atoms with E-state index in [9.17, 15) is 0 Å². The van der Waals surface area contributed by atoms with Gasteiger partial charge in [0.2, 0.25) is 5.95 Å². The van der Waals surface area contributed by atoms with Crippen LogP contribution < -0.4 is 10.6 Å². The SMILES string of the molecule is Brc1ccccc1-c1cnc(NC2CNC2)nc1. The Morgan fingerprint density at radius 3 is 2.50 bits per heavy atom. The van der Waals surface area contributed by atoms with Crippen molar-refractivity contribution in [1.82, 2.24) is 15.3 Å². The van der Waals surface area contributed by atoms with Crippen molar-refractivity contribution in [1.29, 1.82) is 0 Å². The summed E-state index contributed by atoms with van der Waals surface area (Å²) < 4.78 is 1.05. The van der Waals surface area contributed by atoms with Crippen LogP contribution in [0.15, 0.2) is 41.1 Å². The standard InChI is InChI=1S/C13H13BrN4/c14-12-4-2-1-3-11(12)9-5-16-13(17-6-9)18-10-7-15-8-10/h1-6,10,15H,7-8H2,(H,16,17,18). The van der Waals surface area contributed by atoms with Gasteiger partial charge in [-0.25, -0.2) is 9.97 Å². The van der Waals surface area contributed by atoms with E-state index in [1.165, 1.54) is 0 Å². The first-order chi connectivity index (χ1) is 8.83. The van der Waals surface area contributed by atoms with Gasteiger partial charge in [-0.3, -0.25) is 0 Å². The maximum absolute atomic E-state index is 4.35. The molecule has 1 fully saturated rings. The van der Waals surface area contributed by atoms with Gasteiger partial charge in [-0.1, -0.05) is 34.1 Å². The lowest BCUT2D eigenvalue weighted by Crippen LogP contribution is -2.51. The van der Waals surface area contributed by atoms with E-state index < -0.39 is 0 Å². The van der Waals surface area contributed by atoms with Crippen LogP contribution in [0.4, 0.5) is 5.95 Å². The summed E-state index contributed by atoms with van der Waals surface area (Å²) in [6, 6.07) is 8.52. The van der Waals surface area contributed by atoms with Crippen LogP contribution in [0.2, 0.25) is 0 Å². The molecule has 0 bridgehead atoms. The van der Waals surface area contributed by atoms with Crippen molar-refractivity contribution >= 4 is 21.9 Å². The highest BCUT2D eigenvalue weighted by atomic mass is 79.9. The summed E-state index contributed by atoms with van der Waals surface area (Å²) in [5.41, 5.74) is 2.12. The molecule has 0 unspecified atom stereocenters. The quantitative estimate of drug-likeness (QED) is 0.913. The molecule has 0 saturated carbocycles. The van der Waals surface area contributed by atoms with Crippen LogP contribution in [-0.4, -0.2) is 29.1 Å². The zero-order valence-electron chi connectivity index (χ0n) is 9.73. The molecule has 2 aromatic rings. The maximum atomic E-state index is 4.35. The van der Waals surface area contributed by atoms with Crippen LogP contribution in [0.3, 0.4) is 0 Å². The minimum atomic E-state index is 0.458. The Bertz CT molecular complexity index is 537.